The van der Waals surface area contributed by atoms with Crippen LogP contribution in [-0.2, 0) is 6.61 Å². The van der Waals surface area contributed by atoms with Crippen molar-refractivity contribution >= 4 is 5.91 Å². The van der Waals surface area contributed by atoms with Crippen molar-refractivity contribution < 1.29 is 18.8 Å². The first kappa shape index (κ1) is 22.9. The number of carbonyl (C=O) groups excluding carboxylic acids is 1. The predicted molar refractivity (Wildman–Crippen MR) is 120 cm³/mol. The third kappa shape index (κ3) is 4.75. The second-order valence-corrected chi connectivity index (χ2v) is 7.46. The van der Waals surface area contributed by atoms with Gasteiger partial charge >= 0.3 is 0 Å². The van der Waals surface area contributed by atoms with E-state index in [-0.39, 0.29) is 11.9 Å². The molecule has 0 radical (unpaired) electrons. The Morgan fingerprint density at radius 1 is 1.19 bits per heavy atom. The Hall–Kier alpha value is -3.79. The van der Waals surface area contributed by atoms with E-state index >= 15 is 0 Å². The first-order chi connectivity index (χ1) is 15.4. The molecule has 3 rings (SSSR count). The lowest BCUT2D eigenvalue weighted by atomic mass is 10.0. The number of hydrogen-bond donors (Lipinski definition) is 0. The Morgan fingerprint density at radius 3 is 2.47 bits per heavy atom. The van der Waals surface area contributed by atoms with E-state index in [2.05, 4.69) is 11.2 Å². The van der Waals surface area contributed by atoms with Gasteiger partial charge in [0.2, 0.25) is 0 Å². The van der Waals surface area contributed by atoms with Crippen LogP contribution in [0.4, 0.5) is 0 Å². The molecule has 0 aliphatic carbocycles. The molecular formula is C25H27N3O4. The summed E-state index contributed by atoms with van der Waals surface area (Å²) in [6, 6.07) is 14.4. The summed E-state index contributed by atoms with van der Waals surface area (Å²) in [4.78, 5) is 15.1. The van der Waals surface area contributed by atoms with Crippen LogP contribution < -0.4 is 9.47 Å². The van der Waals surface area contributed by atoms with Crippen molar-refractivity contribution in [3.8, 4) is 17.6 Å². The number of nitrogens with zero attached hydrogens (tertiary/aromatic N) is 3. The Labute approximate surface area is 188 Å². The fraction of sp³-hybridized carbons (Fsp3) is 0.320. The molecule has 1 aromatic heterocycles. The fourth-order valence-corrected chi connectivity index (χ4v) is 3.55. The van der Waals surface area contributed by atoms with E-state index in [1.54, 1.807) is 42.3 Å². The van der Waals surface area contributed by atoms with Gasteiger partial charge in [0, 0.05) is 12.1 Å². The molecule has 1 unspecified atom stereocenters. The number of ether oxygens (including phenoxy) is 2. The van der Waals surface area contributed by atoms with E-state index in [0.717, 1.165) is 16.8 Å². The number of aromatic nitrogens is 1. The van der Waals surface area contributed by atoms with Crippen LogP contribution in [0.15, 0.2) is 47.0 Å². The molecular weight excluding hydrogens is 406 g/mol. The highest BCUT2D eigenvalue weighted by Gasteiger charge is 2.23. The van der Waals surface area contributed by atoms with Crippen molar-refractivity contribution in [1.82, 2.24) is 10.1 Å². The third-order valence-electron chi connectivity index (χ3n) is 5.56. The molecule has 0 bridgehead atoms. The fourth-order valence-electron chi connectivity index (χ4n) is 3.55. The van der Waals surface area contributed by atoms with Gasteiger partial charge in [-0.05, 0) is 63.6 Å². The number of nitriles is 1. The molecule has 3 aromatic rings. The van der Waals surface area contributed by atoms with Crippen molar-refractivity contribution in [2.45, 2.75) is 40.3 Å². The number of benzene rings is 2. The van der Waals surface area contributed by atoms with Crippen molar-refractivity contribution in [2.75, 3.05) is 13.7 Å². The lowest BCUT2D eigenvalue weighted by Crippen LogP contribution is -2.33. The Morgan fingerprint density at radius 2 is 1.91 bits per heavy atom. The van der Waals surface area contributed by atoms with Gasteiger partial charge in [0.15, 0.2) is 11.5 Å². The third-order valence-corrected chi connectivity index (χ3v) is 5.56. The van der Waals surface area contributed by atoms with Gasteiger partial charge in [-0.3, -0.25) is 4.79 Å². The van der Waals surface area contributed by atoms with Gasteiger partial charge in [-0.15, -0.1) is 0 Å². The molecule has 166 valence electrons. The molecule has 2 aromatic carbocycles. The maximum absolute atomic E-state index is 13.3. The molecule has 1 atom stereocenters. The summed E-state index contributed by atoms with van der Waals surface area (Å²) in [5.74, 6) is 1.61. The normalized spacial score (nSPS) is 11.5. The van der Waals surface area contributed by atoms with E-state index in [1.807, 2.05) is 39.8 Å². The summed E-state index contributed by atoms with van der Waals surface area (Å²) in [5.41, 5.74) is 3.73. The second-order valence-electron chi connectivity index (χ2n) is 7.46. The molecule has 1 heterocycles. The van der Waals surface area contributed by atoms with E-state index in [9.17, 15) is 4.79 Å². The van der Waals surface area contributed by atoms with Crippen molar-refractivity contribution in [1.29, 1.82) is 5.26 Å². The van der Waals surface area contributed by atoms with Gasteiger partial charge in [0.25, 0.3) is 5.91 Å². The summed E-state index contributed by atoms with van der Waals surface area (Å²) < 4.78 is 16.6. The quantitative estimate of drug-likeness (QED) is 0.498. The standard InChI is InChI=1S/C25H27N3O4/c1-6-28(17(3)20-9-7-19(14-26)8-10-20)25(29)21-11-12-23(24(13-21)30-5)31-15-22-16(2)27-32-18(22)4/h7-13,17H,6,15H2,1-5H3. The largest absolute Gasteiger partial charge is 0.493 e. The van der Waals surface area contributed by atoms with E-state index in [0.29, 0.717) is 41.5 Å². The smallest absolute Gasteiger partial charge is 0.254 e. The zero-order valence-electron chi connectivity index (χ0n) is 19.0. The lowest BCUT2D eigenvalue weighted by Gasteiger charge is -2.29. The first-order valence-corrected chi connectivity index (χ1v) is 10.4. The topological polar surface area (TPSA) is 88.6 Å². The number of rotatable bonds is 8. The van der Waals surface area contributed by atoms with Gasteiger partial charge in [-0.25, -0.2) is 0 Å². The van der Waals surface area contributed by atoms with E-state index in [4.69, 9.17) is 19.3 Å². The zero-order valence-corrected chi connectivity index (χ0v) is 19.0. The minimum atomic E-state index is -0.151. The number of hydrogen-bond acceptors (Lipinski definition) is 6. The van der Waals surface area contributed by atoms with Crippen LogP contribution >= 0.6 is 0 Å². The summed E-state index contributed by atoms with van der Waals surface area (Å²) in [5, 5.41) is 12.9. The van der Waals surface area contributed by atoms with Crippen molar-refractivity contribution in [3.63, 3.8) is 0 Å². The Kier molecular flexibility index (Phi) is 7.16. The van der Waals surface area contributed by atoms with Gasteiger partial charge in [0.1, 0.15) is 12.4 Å². The van der Waals surface area contributed by atoms with E-state index in [1.165, 1.54) is 0 Å². The van der Waals surface area contributed by atoms with Crippen molar-refractivity contribution in [2.24, 2.45) is 0 Å². The molecule has 0 saturated heterocycles. The van der Waals surface area contributed by atoms with Gasteiger partial charge in [-0.2, -0.15) is 5.26 Å². The minimum Gasteiger partial charge on any atom is -0.493 e. The minimum absolute atomic E-state index is 0.111. The SMILES string of the molecule is CCN(C(=O)c1ccc(OCc2c(C)noc2C)c(OC)c1)C(C)c1ccc(C#N)cc1. The number of methoxy groups -OCH3 is 1. The average molecular weight is 434 g/mol. The number of aryl methyl sites for hydroxylation is 2. The monoisotopic (exact) mass is 433 g/mol. The molecule has 0 spiro atoms. The molecule has 0 saturated carbocycles. The molecule has 1 amide bonds. The van der Waals surface area contributed by atoms with Crippen molar-refractivity contribution in [3.05, 3.63) is 76.2 Å². The van der Waals surface area contributed by atoms with Crippen LogP contribution in [0.5, 0.6) is 11.5 Å². The van der Waals surface area contributed by atoms with Crippen LogP contribution in [0.25, 0.3) is 0 Å². The van der Waals surface area contributed by atoms with Gasteiger partial charge in [0.05, 0.1) is 36.0 Å². The number of amides is 1. The number of carbonyl (C=O) groups is 1. The van der Waals surface area contributed by atoms with Crippen LogP contribution in [-0.4, -0.2) is 29.6 Å². The van der Waals surface area contributed by atoms with Crippen LogP contribution in [0.1, 0.15) is 58.4 Å². The molecule has 7 nitrogen and oxygen atoms in total. The molecule has 0 aliphatic heterocycles. The summed E-state index contributed by atoms with van der Waals surface area (Å²) in [6.07, 6.45) is 0. The predicted octanol–water partition coefficient (Wildman–Crippen LogP) is 4.97. The molecule has 0 aliphatic rings. The maximum atomic E-state index is 13.3. The zero-order chi connectivity index (χ0) is 23.3. The van der Waals surface area contributed by atoms with E-state index < -0.39 is 0 Å². The highest BCUT2D eigenvalue weighted by molar-refractivity contribution is 5.95. The van der Waals surface area contributed by atoms with Crippen LogP contribution in [0.3, 0.4) is 0 Å². The highest BCUT2D eigenvalue weighted by Crippen LogP contribution is 2.31. The Balaban J connectivity index is 1.79. The summed E-state index contributed by atoms with van der Waals surface area (Å²) >= 11 is 0. The molecule has 0 N–H and O–H groups in total. The first-order valence-electron chi connectivity index (χ1n) is 10.4. The average Bonchev–Trinajstić information content (AvgIpc) is 3.14. The molecule has 32 heavy (non-hydrogen) atoms. The molecule has 7 heteroatoms. The Bertz CT molecular complexity index is 1110. The maximum Gasteiger partial charge on any atom is 0.254 e. The van der Waals surface area contributed by atoms with Gasteiger partial charge < -0.3 is 18.9 Å². The summed E-state index contributed by atoms with van der Waals surface area (Å²) in [7, 11) is 1.54. The van der Waals surface area contributed by atoms with Crippen LogP contribution in [0, 0.1) is 25.2 Å². The van der Waals surface area contributed by atoms with Gasteiger partial charge in [-0.1, -0.05) is 17.3 Å². The lowest BCUT2D eigenvalue weighted by molar-refractivity contribution is 0.0702. The second kappa shape index (κ2) is 10.0. The highest BCUT2D eigenvalue weighted by atomic mass is 16.5. The molecule has 0 fully saturated rings. The summed E-state index contributed by atoms with van der Waals surface area (Å²) in [6.45, 7) is 8.44. The van der Waals surface area contributed by atoms with Crippen LogP contribution in [0.2, 0.25) is 0 Å².